The second-order valence-corrected chi connectivity index (χ2v) is 7.93. The third kappa shape index (κ3) is 3.83. The second-order valence-electron chi connectivity index (χ2n) is 7.93. The molecule has 156 valence electrons. The van der Waals surface area contributed by atoms with E-state index in [0.717, 1.165) is 16.9 Å². The summed E-state index contributed by atoms with van der Waals surface area (Å²) < 4.78 is 1.78. The number of carbonyl (C=O) groups excluding carboxylic acids is 2. The van der Waals surface area contributed by atoms with Crippen LogP contribution in [-0.2, 0) is 13.0 Å². The summed E-state index contributed by atoms with van der Waals surface area (Å²) in [5.41, 5.74) is 3.65. The van der Waals surface area contributed by atoms with E-state index in [1.807, 2.05) is 19.1 Å². The van der Waals surface area contributed by atoms with Crippen LogP contribution in [0.3, 0.4) is 0 Å². The largest absolute Gasteiger partial charge is 0.348 e. The smallest absolute Gasteiger partial charge is 0.272 e. The first-order chi connectivity index (χ1) is 14.4. The lowest BCUT2D eigenvalue weighted by atomic mass is 10.0. The van der Waals surface area contributed by atoms with Gasteiger partial charge in [-0.1, -0.05) is 13.8 Å². The van der Waals surface area contributed by atoms with Gasteiger partial charge in [-0.3, -0.25) is 19.3 Å². The highest BCUT2D eigenvalue weighted by atomic mass is 16.2. The molecule has 1 aliphatic heterocycles. The highest BCUT2D eigenvalue weighted by Crippen LogP contribution is 2.22. The summed E-state index contributed by atoms with van der Waals surface area (Å²) in [5, 5.41) is 17.8. The molecule has 1 aromatic carbocycles. The van der Waals surface area contributed by atoms with Gasteiger partial charge in [0.15, 0.2) is 5.69 Å². The van der Waals surface area contributed by atoms with Crippen molar-refractivity contribution in [1.29, 1.82) is 0 Å². The highest BCUT2D eigenvalue weighted by molar-refractivity contribution is 5.96. The summed E-state index contributed by atoms with van der Waals surface area (Å²) in [6.07, 6.45) is 3.81. The Bertz CT molecular complexity index is 1040. The van der Waals surface area contributed by atoms with Crippen LogP contribution in [0.2, 0.25) is 0 Å². The normalized spacial score (nSPS) is 14.5. The van der Waals surface area contributed by atoms with Crippen LogP contribution in [0.15, 0.2) is 36.9 Å². The topological polar surface area (TPSA) is 109 Å². The summed E-state index contributed by atoms with van der Waals surface area (Å²) in [6, 6.07) is 7.38. The van der Waals surface area contributed by atoms with Crippen LogP contribution in [0.5, 0.6) is 0 Å². The molecule has 9 nitrogen and oxygen atoms in total. The number of hydrogen-bond acceptors (Lipinski definition) is 5. The van der Waals surface area contributed by atoms with Crippen molar-refractivity contribution in [1.82, 2.24) is 35.2 Å². The molecule has 0 bridgehead atoms. The van der Waals surface area contributed by atoms with Crippen molar-refractivity contribution in [2.24, 2.45) is 5.92 Å². The number of aromatic nitrogens is 5. The third-order valence-corrected chi connectivity index (χ3v) is 5.63. The zero-order valence-corrected chi connectivity index (χ0v) is 17.3. The summed E-state index contributed by atoms with van der Waals surface area (Å²) in [5.74, 6) is 0.122. The predicted octanol–water partition coefficient (Wildman–Crippen LogP) is 1.96. The van der Waals surface area contributed by atoms with E-state index >= 15 is 0 Å². The summed E-state index contributed by atoms with van der Waals surface area (Å²) in [6.45, 7) is 7.05. The van der Waals surface area contributed by atoms with Crippen molar-refractivity contribution >= 4 is 11.8 Å². The van der Waals surface area contributed by atoms with Crippen molar-refractivity contribution in [3.63, 3.8) is 0 Å². The molecule has 0 spiro atoms. The molecule has 2 aromatic heterocycles. The zero-order valence-electron chi connectivity index (χ0n) is 17.3. The van der Waals surface area contributed by atoms with Crippen molar-refractivity contribution in [2.75, 3.05) is 6.54 Å². The molecule has 0 saturated heterocycles. The van der Waals surface area contributed by atoms with Crippen molar-refractivity contribution in [2.45, 2.75) is 39.8 Å². The molecule has 3 aromatic rings. The average molecular weight is 407 g/mol. The van der Waals surface area contributed by atoms with Gasteiger partial charge < -0.3 is 10.2 Å². The van der Waals surface area contributed by atoms with Crippen LogP contribution in [-0.4, -0.2) is 54.3 Å². The van der Waals surface area contributed by atoms with E-state index in [0.29, 0.717) is 36.7 Å². The fourth-order valence-corrected chi connectivity index (χ4v) is 3.41. The van der Waals surface area contributed by atoms with Crippen molar-refractivity contribution < 1.29 is 9.59 Å². The van der Waals surface area contributed by atoms with Crippen LogP contribution in [0.25, 0.3) is 5.69 Å². The summed E-state index contributed by atoms with van der Waals surface area (Å²) >= 11 is 0. The van der Waals surface area contributed by atoms with E-state index < -0.39 is 0 Å². The minimum Gasteiger partial charge on any atom is -0.348 e. The Balaban J connectivity index is 1.45. The molecule has 0 radical (unpaired) electrons. The van der Waals surface area contributed by atoms with E-state index in [2.05, 4.69) is 39.6 Å². The van der Waals surface area contributed by atoms with Crippen LogP contribution >= 0.6 is 0 Å². The number of nitrogens with zero attached hydrogens (tertiary/aromatic N) is 5. The molecule has 0 unspecified atom stereocenters. The Morgan fingerprint density at radius 3 is 2.47 bits per heavy atom. The van der Waals surface area contributed by atoms with Crippen molar-refractivity contribution in [3.8, 4) is 5.69 Å². The Hall–Kier alpha value is -3.49. The van der Waals surface area contributed by atoms with Crippen molar-refractivity contribution in [3.05, 3.63) is 59.4 Å². The van der Waals surface area contributed by atoms with Gasteiger partial charge in [-0.25, -0.2) is 0 Å². The number of fused-ring (bicyclic) bond motifs is 1. The van der Waals surface area contributed by atoms with Crippen LogP contribution < -0.4 is 5.32 Å². The Morgan fingerprint density at radius 1 is 1.10 bits per heavy atom. The Morgan fingerprint density at radius 2 is 1.80 bits per heavy atom. The molecule has 1 atom stereocenters. The number of hydrogen-bond donors (Lipinski definition) is 2. The average Bonchev–Trinajstić information content (AvgIpc) is 3.43. The molecular weight excluding hydrogens is 382 g/mol. The van der Waals surface area contributed by atoms with E-state index in [9.17, 15) is 9.59 Å². The van der Waals surface area contributed by atoms with Crippen LogP contribution in [0.1, 0.15) is 52.9 Å². The molecule has 9 heteroatoms. The van der Waals surface area contributed by atoms with Gasteiger partial charge in [0.05, 0.1) is 12.2 Å². The maximum absolute atomic E-state index is 12.9. The first-order valence-electron chi connectivity index (χ1n) is 10.1. The maximum Gasteiger partial charge on any atom is 0.272 e. The minimum atomic E-state index is -0.168. The molecule has 0 aliphatic carbocycles. The quantitative estimate of drug-likeness (QED) is 0.672. The fraction of sp³-hybridized carbons (Fsp3) is 0.381. The van der Waals surface area contributed by atoms with Gasteiger partial charge in [0.2, 0.25) is 0 Å². The van der Waals surface area contributed by atoms with E-state index in [4.69, 9.17) is 0 Å². The number of H-pyrrole nitrogens is 1. The fourth-order valence-electron chi connectivity index (χ4n) is 3.41. The number of benzene rings is 1. The van der Waals surface area contributed by atoms with E-state index in [1.54, 1.807) is 34.3 Å². The standard InChI is InChI=1S/C21H25N7O2/c1-13(2)14(3)24-20(29)19-17-8-9-27(10-18(17)25-26-19)21(30)15-4-6-16(7-5-15)28-11-22-23-12-28/h4-7,11-14H,8-10H2,1-3H3,(H,24,29)(H,25,26)/t14-/m0/s1. The highest BCUT2D eigenvalue weighted by Gasteiger charge is 2.28. The Labute approximate surface area is 174 Å². The molecular formula is C21H25N7O2. The van der Waals surface area contributed by atoms with Gasteiger partial charge in [0.25, 0.3) is 11.8 Å². The Kier molecular flexibility index (Phi) is 5.35. The van der Waals surface area contributed by atoms with E-state index in [-0.39, 0.29) is 17.9 Å². The number of nitrogens with one attached hydrogen (secondary N) is 2. The van der Waals surface area contributed by atoms with Gasteiger partial charge >= 0.3 is 0 Å². The molecule has 0 fully saturated rings. The molecule has 1 aliphatic rings. The second kappa shape index (κ2) is 8.10. The van der Waals surface area contributed by atoms with Crippen LogP contribution in [0, 0.1) is 5.92 Å². The number of aromatic amines is 1. The van der Waals surface area contributed by atoms with Gasteiger partial charge in [-0.05, 0) is 43.5 Å². The summed E-state index contributed by atoms with van der Waals surface area (Å²) in [4.78, 5) is 27.3. The van der Waals surface area contributed by atoms with E-state index in [1.165, 1.54) is 0 Å². The molecule has 3 heterocycles. The molecule has 30 heavy (non-hydrogen) atoms. The summed E-state index contributed by atoms with van der Waals surface area (Å²) in [7, 11) is 0. The monoisotopic (exact) mass is 407 g/mol. The van der Waals surface area contributed by atoms with Gasteiger partial charge in [-0.2, -0.15) is 5.10 Å². The van der Waals surface area contributed by atoms with Gasteiger partial charge in [-0.15, -0.1) is 10.2 Å². The predicted molar refractivity (Wildman–Crippen MR) is 110 cm³/mol. The van der Waals surface area contributed by atoms with Gasteiger partial charge in [0, 0.05) is 29.4 Å². The molecule has 4 rings (SSSR count). The number of amides is 2. The molecule has 2 amide bonds. The maximum atomic E-state index is 12.9. The lowest BCUT2D eigenvalue weighted by Crippen LogP contribution is -2.38. The number of carbonyl (C=O) groups is 2. The lowest BCUT2D eigenvalue weighted by molar-refractivity contribution is 0.0732. The molecule has 2 N–H and O–H groups in total. The first kappa shape index (κ1) is 19.8. The first-order valence-corrected chi connectivity index (χ1v) is 10.1. The zero-order chi connectivity index (χ0) is 21.3. The number of rotatable bonds is 5. The SMILES string of the molecule is CC(C)[C@H](C)NC(=O)c1n[nH]c2c1CCN(C(=O)c1ccc(-n3cnnc3)cc1)C2. The van der Waals surface area contributed by atoms with Gasteiger partial charge in [0.1, 0.15) is 12.7 Å². The third-order valence-electron chi connectivity index (χ3n) is 5.63. The minimum absolute atomic E-state index is 0.0509. The lowest BCUT2D eigenvalue weighted by Gasteiger charge is -2.27. The molecule has 0 saturated carbocycles. The van der Waals surface area contributed by atoms with Crippen LogP contribution in [0.4, 0.5) is 0 Å².